The predicted molar refractivity (Wildman–Crippen MR) is 60.6 cm³/mol. The lowest BCUT2D eigenvalue weighted by Gasteiger charge is -2.24. The first-order valence-electron chi connectivity index (χ1n) is 5.24. The third-order valence-corrected chi connectivity index (χ3v) is 2.49. The van der Waals surface area contributed by atoms with E-state index in [4.69, 9.17) is 0 Å². The molecule has 2 rings (SSSR count). The van der Waals surface area contributed by atoms with Gasteiger partial charge in [-0.15, -0.1) is 0 Å². The van der Waals surface area contributed by atoms with Gasteiger partial charge in [0.2, 0.25) is 0 Å². The summed E-state index contributed by atoms with van der Waals surface area (Å²) < 4.78 is 0. The molecule has 1 heterocycles. The zero-order valence-electron chi connectivity index (χ0n) is 8.39. The normalized spacial score (nSPS) is 17.6. The van der Waals surface area contributed by atoms with Gasteiger partial charge in [-0.3, -0.25) is 0 Å². The molecule has 0 aromatic heterocycles. The fraction of sp³-hybridized carbons (Fsp3) is 0.308. The van der Waals surface area contributed by atoms with E-state index in [0.717, 1.165) is 6.54 Å². The molecule has 1 heteroatoms. The Morgan fingerprint density at radius 1 is 1.14 bits per heavy atom. The van der Waals surface area contributed by atoms with Crippen molar-refractivity contribution in [1.82, 2.24) is 4.90 Å². The minimum absolute atomic E-state index is 1.10. The maximum atomic E-state index is 2.36. The first-order valence-corrected chi connectivity index (χ1v) is 5.24. The summed E-state index contributed by atoms with van der Waals surface area (Å²) in [5.74, 6) is 0. The van der Waals surface area contributed by atoms with Crippen LogP contribution in [0.5, 0.6) is 0 Å². The van der Waals surface area contributed by atoms with Gasteiger partial charge in [-0.1, -0.05) is 30.3 Å². The van der Waals surface area contributed by atoms with Crippen LogP contribution in [0.25, 0.3) is 6.08 Å². The molecule has 1 fully saturated rings. The van der Waals surface area contributed by atoms with Crippen LogP contribution in [-0.2, 0) is 0 Å². The van der Waals surface area contributed by atoms with Crippen molar-refractivity contribution in [3.05, 3.63) is 48.5 Å². The van der Waals surface area contributed by atoms with E-state index in [2.05, 4.69) is 47.9 Å². The minimum atomic E-state index is 1.10. The average molecular weight is 186 g/mol. The maximum absolute atomic E-state index is 2.36. The Morgan fingerprint density at radius 3 is 2.71 bits per heavy atom. The maximum Gasteiger partial charge on any atom is 0.0204 e. The largest absolute Gasteiger partial charge is 0.377 e. The Balaban J connectivity index is 1.93. The summed E-state index contributed by atoms with van der Waals surface area (Å²) in [6, 6.07) is 10.4. The lowest BCUT2D eigenvalue weighted by molar-refractivity contribution is 0.358. The number of rotatable bonds is 2. The molecular weight excluding hydrogens is 170 g/mol. The van der Waals surface area contributed by atoms with Gasteiger partial charge < -0.3 is 4.90 Å². The fourth-order valence-electron chi connectivity index (χ4n) is 1.68. The van der Waals surface area contributed by atoms with Gasteiger partial charge in [0.1, 0.15) is 0 Å². The number of likely N-dealkylation sites (tertiary alicyclic amines) is 1. The Morgan fingerprint density at radius 2 is 2.00 bits per heavy atom. The molecule has 0 bridgehead atoms. The highest BCUT2D eigenvalue weighted by Crippen LogP contribution is 2.09. The van der Waals surface area contributed by atoms with Gasteiger partial charge >= 0.3 is 0 Å². The molecule has 0 amide bonds. The van der Waals surface area contributed by atoms with Gasteiger partial charge in [-0.05, 0) is 37.1 Å². The molecule has 1 aliphatic rings. The minimum Gasteiger partial charge on any atom is -0.377 e. The number of nitrogens with zero attached hydrogens (tertiary/aromatic N) is 1. The van der Waals surface area contributed by atoms with Crippen LogP contribution in [-0.4, -0.2) is 18.0 Å². The molecule has 0 spiro atoms. The molecule has 0 unspecified atom stereocenters. The third kappa shape index (κ3) is 2.63. The van der Waals surface area contributed by atoms with Crippen LogP contribution >= 0.6 is 0 Å². The molecule has 0 saturated carbocycles. The lowest BCUT2D eigenvalue weighted by Crippen LogP contribution is -2.24. The smallest absolute Gasteiger partial charge is 0.0204 e. The highest BCUT2D eigenvalue weighted by molar-refractivity contribution is 5.48. The van der Waals surface area contributed by atoms with Crippen LogP contribution in [0, 0.1) is 6.42 Å². The van der Waals surface area contributed by atoms with E-state index in [1.54, 1.807) is 0 Å². The molecule has 1 radical (unpaired) electrons. The van der Waals surface area contributed by atoms with Crippen molar-refractivity contribution >= 4 is 6.08 Å². The second-order valence-corrected chi connectivity index (χ2v) is 3.65. The van der Waals surface area contributed by atoms with Gasteiger partial charge in [0.25, 0.3) is 0 Å². The summed E-state index contributed by atoms with van der Waals surface area (Å²) in [5.41, 5.74) is 1.28. The predicted octanol–water partition coefficient (Wildman–Crippen LogP) is 2.96. The van der Waals surface area contributed by atoms with Crippen molar-refractivity contribution in [1.29, 1.82) is 0 Å². The van der Waals surface area contributed by atoms with Gasteiger partial charge in [-0.25, -0.2) is 0 Å². The topological polar surface area (TPSA) is 3.24 Å². The fourth-order valence-corrected chi connectivity index (χ4v) is 1.68. The number of hydrogen-bond acceptors (Lipinski definition) is 1. The van der Waals surface area contributed by atoms with E-state index in [-0.39, 0.29) is 0 Å². The molecule has 1 aromatic rings. The molecular formula is C13H16N. The SMILES string of the molecule is [CH]1CCCN(C=Cc2ccccc2)C1. The van der Waals surface area contributed by atoms with Crippen LogP contribution in [0.15, 0.2) is 36.5 Å². The van der Waals surface area contributed by atoms with E-state index in [0.29, 0.717) is 0 Å². The van der Waals surface area contributed by atoms with Crippen molar-refractivity contribution in [2.75, 3.05) is 13.1 Å². The zero-order valence-corrected chi connectivity index (χ0v) is 8.39. The standard InChI is InChI=1S/C13H16N/c1-3-7-13(8-4-1)9-12-14-10-5-2-6-11-14/h1,3-5,7-9,12H,2,6,10-11H2. The second-order valence-electron chi connectivity index (χ2n) is 3.65. The van der Waals surface area contributed by atoms with E-state index < -0.39 is 0 Å². The van der Waals surface area contributed by atoms with E-state index in [9.17, 15) is 0 Å². The molecule has 0 N–H and O–H groups in total. The molecule has 1 aromatic carbocycles. The quantitative estimate of drug-likeness (QED) is 0.686. The molecule has 0 aliphatic carbocycles. The summed E-state index contributed by atoms with van der Waals surface area (Å²) in [7, 11) is 0. The first-order chi connectivity index (χ1) is 6.95. The molecule has 1 aliphatic heterocycles. The summed E-state index contributed by atoms with van der Waals surface area (Å²) in [6.07, 6.45) is 9.29. The van der Waals surface area contributed by atoms with Gasteiger partial charge in [0.15, 0.2) is 0 Å². The first kappa shape index (κ1) is 9.32. The van der Waals surface area contributed by atoms with Crippen molar-refractivity contribution in [2.45, 2.75) is 12.8 Å². The van der Waals surface area contributed by atoms with Crippen LogP contribution in [0.2, 0.25) is 0 Å². The van der Waals surface area contributed by atoms with E-state index in [1.807, 2.05) is 6.07 Å². The summed E-state index contributed by atoms with van der Waals surface area (Å²) in [4.78, 5) is 2.36. The summed E-state index contributed by atoms with van der Waals surface area (Å²) >= 11 is 0. The summed E-state index contributed by atoms with van der Waals surface area (Å²) in [5, 5.41) is 0. The highest BCUT2D eigenvalue weighted by Gasteiger charge is 2.04. The van der Waals surface area contributed by atoms with Crippen LogP contribution in [0.1, 0.15) is 18.4 Å². The molecule has 0 atom stereocenters. The molecule has 1 nitrogen and oxygen atoms in total. The van der Waals surface area contributed by atoms with Crippen molar-refractivity contribution in [2.24, 2.45) is 0 Å². The number of benzene rings is 1. The van der Waals surface area contributed by atoms with E-state index >= 15 is 0 Å². The molecule has 14 heavy (non-hydrogen) atoms. The van der Waals surface area contributed by atoms with Gasteiger partial charge in [0.05, 0.1) is 0 Å². The highest BCUT2D eigenvalue weighted by atomic mass is 15.1. The Bertz CT molecular complexity index is 283. The summed E-state index contributed by atoms with van der Waals surface area (Å²) in [6.45, 7) is 2.29. The second kappa shape index (κ2) is 4.85. The van der Waals surface area contributed by atoms with Gasteiger partial charge in [0, 0.05) is 13.1 Å². The van der Waals surface area contributed by atoms with Crippen LogP contribution in [0.3, 0.4) is 0 Å². The van der Waals surface area contributed by atoms with Gasteiger partial charge in [-0.2, -0.15) is 0 Å². The Kier molecular flexibility index (Phi) is 3.23. The molecule has 73 valence electrons. The Hall–Kier alpha value is -1.24. The van der Waals surface area contributed by atoms with Crippen molar-refractivity contribution < 1.29 is 0 Å². The monoisotopic (exact) mass is 186 g/mol. The van der Waals surface area contributed by atoms with Crippen molar-refractivity contribution in [3.8, 4) is 0 Å². The number of hydrogen-bond donors (Lipinski definition) is 0. The third-order valence-electron chi connectivity index (χ3n) is 2.49. The lowest BCUT2D eigenvalue weighted by atomic mass is 10.1. The number of piperidine rings is 1. The average Bonchev–Trinajstić information content (AvgIpc) is 2.29. The van der Waals surface area contributed by atoms with Crippen molar-refractivity contribution in [3.63, 3.8) is 0 Å². The van der Waals surface area contributed by atoms with Crippen LogP contribution < -0.4 is 0 Å². The molecule has 1 saturated heterocycles. The van der Waals surface area contributed by atoms with Crippen LogP contribution in [0.4, 0.5) is 0 Å². The Labute approximate surface area is 86.1 Å². The zero-order chi connectivity index (χ0) is 9.64. The van der Waals surface area contributed by atoms with E-state index in [1.165, 1.54) is 24.9 Å².